The first-order valence-electron chi connectivity index (χ1n) is 9.09. The fourth-order valence-electron chi connectivity index (χ4n) is 2.89. The average Bonchev–Trinajstić information content (AvgIpc) is 2.67. The van der Waals surface area contributed by atoms with Gasteiger partial charge in [0.05, 0.1) is 18.0 Å². The smallest absolute Gasteiger partial charge is 0.240 e. The molecule has 148 valence electrons. The van der Waals surface area contributed by atoms with Gasteiger partial charge in [-0.1, -0.05) is 18.2 Å². The second-order valence-electron chi connectivity index (χ2n) is 6.95. The van der Waals surface area contributed by atoms with Gasteiger partial charge in [-0.25, -0.2) is 13.1 Å². The molecule has 0 aliphatic heterocycles. The monoisotopic (exact) mass is 399 g/mol. The Hall–Kier alpha value is -2.57. The van der Waals surface area contributed by atoms with Crippen LogP contribution in [0.15, 0.2) is 59.5 Å². The molecule has 0 saturated heterocycles. The number of aryl methyl sites for hydroxylation is 2. The Kier molecular flexibility index (Phi) is 5.91. The lowest BCUT2D eigenvalue weighted by Crippen LogP contribution is -2.36. The highest BCUT2D eigenvalue weighted by atomic mass is 32.2. The van der Waals surface area contributed by atoms with Crippen molar-refractivity contribution in [3.05, 3.63) is 65.7 Å². The number of methoxy groups -OCH3 is 1. The molecule has 1 unspecified atom stereocenters. The Bertz CT molecular complexity index is 1090. The molecule has 6 heteroatoms. The van der Waals surface area contributed by atoms with Crippen LogP contribution >= 0.6 is 0 Å². The van der Waals surface area contributed by atoms with Gasteiger partial charge in [0.1, 0.15) is 18.1 Å². The number of benzene rings is 3. The Morgan fingerprint density at radius 3 is 2.29 bits per heavy atom. The van der Waals surface area contributed by atoms with Crippen molar-refractivity contribution in [1.29, 1.82) is 0 Å². The maximum absolute atomic E-state index is 12.7. The van der Waals surface area contributed by atoms with Gasteiger partial charge < -0.3 is 9.47 Å². The number of nitrogens with one attached hydrogen (secondary N) is 1. The fraction of sp³-hybridized carbons (Fsp3) is 0.273. The molecule has 0 aromatic heterocycles. The summed E-state index contributed by atoms with van der Waals surface area (Å²) in [4.78, 5) is 0.225. The minimum atomic E-state index is -3.65. The maximum Gasteiger partial charge on any atom is 0.240 e. The third-order valence-electron chi connectivity index (χ3n) is 4.66. The standard InChI is InChI=1S/C22H25NO4S/c1-15-5-8-21(11-16(15)2)27-14-17(3)23-28(24,25)22-10-7-18-12-20(26-4)9-6-19(18)13-22/h5-13,17,23H,14H2,1-4H3. The summed E-state index contributed by atoms with van der Waals surface area (Å²) >= 11 is 0. The molecule has 0 aliphatic carbocycles. The number of ether oxygens (including phenoxy) is 2. The molecule has 5 nitrogen and oxygen atoms in total. The molecular weight excluding hydrogens is 374 g/mol. The van der Waals surface area contributed by atoms with Crippen LogP contribution in [0.25, 0.3) is 10.8 Å². The zero-order valence-electron chi connectivity index (χ0n) is 16.5. The van der Waals surface area contributed by atoms with Crippen molar-refractivity contribution in [2.24, 2.45) is 0 Å². The molecule has 0 fully saturated rings. The third-order valence-corrected chi connectivity index (χ3v) is 6.25. The lowest BCUT2D eigenvalue weighted by molar-refractivity contribution is 0.287. The second-order valence-corrected chi connectivity index (χ2v) is 8.67. The summed E-state index contributed by atoms with van der Waals surface area (Å²) in [6.07, 6.45) is 0. The van der Waals surface area contributed by atoms with E-state index in [-0.39, 0.29) is 17.5 Å². The quantitative estimate of drug-likeness (QED) is 0.646. The SMILES string of the molecule is COc1ccc2cc(S(=O)(=O)NC(C)COc3ccc(C)c(C)c3)ccc2c1. The van der Waals surface area contributed by atoms with Crippen LogP contribution in [0.2, 0.25) is 0 Å². The maximum atomic E-state index is 12.7. The summed E-state index contributed by atoms with van der Waals surface area (Å²) in [6.45, 7) is 6.08. The van der Waals surface area contributed by atoms with Gasteiger partial charge in [0, 0.05) is 0 Å². The molecule has 0 amide bonds. The minimum Gasteiger partial charge on any atom is -0.497 e. The van der Waals surface area contributed by atoms with E-state index < -0.39 is 10.0 Å². The van der Waals surface area contributed by atoms with Gasteiger partial charge in [-0.2, -0.15) is 0 Å². The van der Waals surface area contributed by atoms with E-state index in [9.17, 15) is 8.42 Å². The first kappa shape index (κ1) is 20.2. The highest BCUT2D eigenvalue weighted by Crippen LogP contribution is 2.24. The second kappa shape index (κ2) is 8.20. The highest BCUT2D eigenvalue weighted by molar-refractivity contribution is 7.89. The van der Waals surface area contributed by atoms with Crippen LogP contribution in [-0.2, 0) is 10.0 Å². The molecule has 0 bridgehead atoms. The van der Waals surface area contributed by atoms with Crippen LogP contribution in [-0.4, -0.2) is 28.2 Å². The molecule has 3 rings (SSSR count). The number of hydrogen-bond donors (Lipinski definition) is 1. The van der Waals surface area contributed by atoms with Crippen LogP contribution in [0.1, 0.15) is 18.1 Å². The topological polar surface area (TPSA) is 64.6 Å². The Morgan fingerprint density at radius 2 is 1.57 bits per heavy atom. The van der Waals surface area contributed by atoms with Gasteiger partial charge in [-0.15, -0.1) is 0 Å². The lowest BCUT2D eigenvalue weighted by atomic mass is 10.1. The van der Waals surface area contributed by atoms with Crippen LogP contribution in [0.3, 0.4) is 0 Å². The highest BCUT2D eigenvalue weighted by Gasteiger charge is 2.18. The third kappa shape index (κ3) is 4.64. The van der Waals surface area contributed by atoms with E-state index in [0.29, 0.717) is 0 Å². The Balaban J connectivity index is 1.69. The molecule has 0 heterocycles. The van der Waals surface area contributed by atoms with E-state index in [1.807, 2.05) is 50.2 Å². The number of fused-ring (bicyclic) bond motifs is 1. The number of sulfonamides is 1. The van der Waals surface area contributed by atoms with Crippen molar-refractivity contribution in [3.63, 3.8) is 0 Å². The predicted molar refractivity (Wildman–Crippen MR) is 112 cm³/mol. The molecule has 0 radical (unpaired) electrons. The summed E-state index contributed by atoms with van der Waals surface area (Å²) < 4.78 is 39.1. The van der Waals surface area contributed by atoms with Gasteiger partial charge in [-0.05, 0) is 79.1 Å². The van der Waals surface area contributed by atoms with E-state index in [1.54, 1.807) is 32.2 Å². The normalized spacial score (nSPS) is 12.7. The van der Waals surface area contributed by atoms with E-state index in [0.717, 1.165) is 27.8 Å². The molecule has 3 aromatic rings. The van der Waals surface area contributed by atoms with Crippen molar-refractivity contribution in [3.8, 4) is 11.5 Å². The van der Waals surface area contributed by atoms with Crippen molar-refractivity contribution in [2.45, 2.75) is 31.7 Å². The van der Waals surface area contributed by atoms with Gasteiger partial charge in [0.15, 0.2) is 0 Å². The molecule has 0 aliphatic rings. The van der Waals surface area contributed by atoms with Crippen molar-refractivity contribution < 1.29 is 17.9 Å². The molecule has 0 saturated carbocycles. The van der Waals surface area contributed by atoms with Crippen molar-refractivity contribution >= 4 is 20.8 Å². The first-order valence-corrected chi connectivity index (χ1v) is 10.6. The van der Waals surface area contributed by atoms with Crippen LogP contribution < -0.4 is 14.2 Å². The van der Waals surface area contributed by atoms with E-state index in [4.69, 9.17) is 9.47 Å². The van der Waals surface area contributed by atoms with Gasteiger partial charge in [0.2, 0.25) is 10.0 Å². The minimum absolute atomic E-state index is 0.225. The van der Waals surface area contributed by atoms with Crippen molar-refractivity contribution in [1.82, 2.24) is 4.72 Å². The summed E-state index contributed by atoms with van der Waals surface area (Å²) in [7, 11) is -2.04. The summed E-state index contributed by atoms with van der Waals surface area (Å²) in [6, 6.07) is 16.0. The zero-order valence-corrected chi connectivity index (χ0v) is 17.3. The molecule has 1 atom stereocenters. The van der Waals surface area contributed by atoms with E-state index in [1.165, 1.54) is 5.56 Å². The zero-order chi connectivity index (χ0) is 20.3. The van der Waals surface area contributed by atoms with Crippen LogP contribution in [0.5, 0.6) is 11.5 Å². The Morgan fingerprint density at radius 1 is 0.893 bits per heavy atom. The van der Waals surface area contributed by atoms with Crippen molar-refractivity contribution in [2.75, 3.05) is 13.7 Å². The molecule has 28 heavy (non-hydrogen) atoms. The summed E-state index contributed by atoms with van der Waals surface area (Å²) in [5.41, 5.74) is 2.33. The first-order chi connectivity index (χ1) is 13.3. The van der Waals surface area contributed by atoms with E-state index >= 15 is 0 Å². The Labute approximate surface area is 166 Å². The van der Waals surface area contributed by atoms with Crippen LogP contribution in [0, 0.1) is 13.8 Å². The predicted octanol–water partition coefficient (Wildman–Crippen LogP) is 4.21. The average molecular weight is 400 g/mol. The molecular formula is C22H25NO4S. The largest absolute Gasteiger partial charge is 0.497 e. The lowest BCUT2D eigenvalue weighted by Gasteiger charge is -2.16. The van der Waals surface area contributed by atoms with E-state index in [2.05, 4.69) is 4.72 Å². The van der Waals surface area contributed by atoms with Gasteiger partial charge in [-0.3, -0.25) is 0 Å². The number of rotatable bonds is 7. The molecule has 3 aromatic carbocycles. The number of hydrogen-bond acceptors (Lipinski definition) is 4. The van der Waals surface area contributed by atoms with Gasteiger partial charge >= 0.3 is 0 Å². The molecule has 1 N–H and O–H groups in total. The molecule has 0 spiro atoms. The summed E-state index contributed by atoms with van der Waals surface area (Å²) in [5, 5.41) is 1.76. The fourth-order valence-corrected chi connectivity index (χ4v) is 4.15. The van der Waals surface area contributed by atoms with Gasteiger partial charge in [0.25, 0.3) is 0 Å². The van der Waals surface area contributed by atoms with Crippen LogP contribution in [0.4, 0.5) is 0 Å². The summed E-state index contributed by atoms with van der Waals surface area (Å²) in [5.74, 6) is 1.46.